The van der Waals surface area contributed by atoms with Gasteiger partial charge in [0.25, 0.3) is 0 Å². The molecule has 0 fully saturated rings. The van der Waals surface area contributed by atoms with Crippen LogP contribution in [0, 0.1) is 0 Å². The van der Waals surface area contributed by atoms with Gasteiger partial charge in [-0.1, -0.05) is 13.8 Å². The van der Waals surface area contributed by atoms with Crippen molar-refractivity contribution in [2.24, 2.45) is 5.84 Å². The topological polar surface area (TPSA) is 67.1 Å². The van der Waals surface area contributed by atoms with Crippen molar-refractivity contribution in [2.45, 2.75) is 25.0 Å². The van der Waals surface area contributed by atoms with E-state index in [4.69, 9.17) is 5.84 Å². The third-order valence-electron chi connectivity index (χ3n) is 2.66. The Kier molecular flexibility index (Phi) is 6.50. The number of alkyl halides is 3. The number of nitrogens with two attached hydrogens (primary N) is 1. The van der Waals surface area contributed by atoms with Crippen molar-refractivity contribution in [3.8, 4) is 0 Å². The first-order chi connectivity index (χ1) is 9.40. The molecule has 20 heavy (non-hydrogen) atoms. The zero-order chi connectivity index (χ0) is 15.2. The molecule has 0 bridgehead atoms. The molecule has 1 rings (SSSR count). The van der Waals surface area contributed by atoms with Gasteiger partial charge in [-0.15, -0.1) is 11.8 Å². The summed E-state index contributed by atoms with van der Waals surface area (Å²) in [6.45, 7) is 6.68. The highest BCUT2D eigenvalue weighted by molar-refractivity contribution is 7.99. The Hall–Kier alpha value is -1.06. The molecular formula is C11H18F3N5S. The number of hydrogen-bond donors (Lipinski definition) is 2. The van der Waals surface area contributed by atoms with Gasteiger partial charge < -0.3 is 10.3 Å². The first-order valence-electron chi connectivity index (χ1n) is 6.18. The van der Waals surface area contributed by atoms with Gasteiger partial charge in [-0.3, -0.25) is 0 Å². The fourth-order valence-corrected chi connectivity index (χ4v) is 2.42. The maximum Gasteiger partial charge on any atom is 0.451 e. The van der Waals surface area contributed by atoms with Crippen molar-refractivity contribution in [1.82, 2.24) is 14.9 Å². The zero-order valence-corrected chi connectivity index (χ0v) is 12.2. The molecule has 114 valence electrons. The summed E-state index contributed by atoms with van der Waals surface area (Å²) in [6.07, 6.45) is -4.58. The number of halogens is 3. The molecule has 1 aromatic rings. The average Bonchev–Trinajstić information content (AvgIpc) is 2.42. The molecule has 9 heteroatoms. The maximum atomic E-state index is 12.6. The fraction of sp³-hybridized carbons (Fsp3) is 0.636. The first kappa shape index (κ1) is 17.0. The van der Waals surface area contributed by atoms with Crippen LogP contribution in [-0.2, 0) is 6.18 Å². The van der Waals surface area contributed by atoms with E-state index in [1.807, 2.05) is 13.8 Å². The van der Waals surface area contributed by atoms with E-state index in [0.717, 1.165) is 19.6 Å². The van der Waals surface area contributed by atoms with E-state index >= 15 is 0 Å². The number of hydrogen-bond acceptors (Lipinski definition) is 6. The normalized spacial score (nSPS) is 11.9. The van der Waals surface area contributed by atoms with Crippen LogP contribution in [0.2, 0.25) is 0 Å². The molecule has 0 aliphatic heterocycles. The van der Waals surface area contributed by atoms with Crippen LogP contribution in [0.4, 0.5) is 19.0 Å². The summed E-state index contributed by atoms with van der Waals surface area (Å²) in [5, 5.41) is 0.257. The van der Waals surface area contributed by atoms with Crippen LogP contribution < -0.4 is 11.3 Å². The lowest BCUT2D eigenvalue weighted by Crippen LogP contribution is -2.25. The highest BCUT2D eigenvalue weighted by Gasteiger charge is 2.35. The van der Waals surface area contributed by atoms with Gasteiger partial charge in [0.1, 0.15) is 10.8 Å². The van der Waals surface area contributed by atoms with Crippen molar-refractivity contribution in [2.75, 3.05) is 30.8 Å². The van der Waals surface area contributed by atoms with Crippen molar-refractivity contribution in [3.63, 3.8) is 0 Å². The number of hydrazine groups is 1. The molecule has 1 heterocycles. The summed E-state index contributed by atoms with van der Waals surface area (Å²) in [6, 6.07) is 1.40. The van der Waals surface area contributed by atoms with Crippen molar-refractivity contribution in [3.05, 3.63) is 11.9 Å². The van der Waals surface area contributed by atoms with Gasteiger partial charge in [0.15, 0.2) is 0 Å². The Morgan fingerprint density at radius 1 is 1.30 bits per heavy atom. The number of anilines is 1. The Morgan fingerprint density at radius 2 is 1.95 bits per heavy atom. The minimum Gasteiger partial charge on any atom is -0.308 e. The molecule has 0 saturated heterocycles. The molecule has 0 radical (unpaired) electrons. The van der Waals surface area contributed by atoms with Crippen molar-refractivity contribution in [1.29, 1.82) is 0 Å². The maximum absolute atomic E-state index is 12.6. The number of nitrogen functional groups attached to an aromatic ring is 1. The van der Waals surface area contributed by atoms with Crippen LogP contribution in [0.15, 0.2) is 11.1 Å². The number of rotatable bonds is 7. The third kappa shape index (κ3) is 5.14. The summed E-state index contributed by atoms with van der Waals surface area (Å²) in [5.41, 5.74) is 2.13. The summed E-state index contributed by atoms with van der Waals surface area (Å²) in [5.74, 6) is 4.55. The minimum atomic E-state index is -4.58. The second kappa shape index (κ2) is 7.65. The van der Waals surface area contributed by atoms with E-state index in [0.29, 0.717) is 5.75 Å². The fourth-order valence-electron chi connectivity index (χ4n) is 1.52. The molecule has 3 N–H and O–H groups in total. The Morgan fingerprint density at radius 3 is 2.45 bits per heavy atom. The van der Waals surface area contributed by atoms with E-state index in [1.165, 1.54) is 17.8 Å². The second-order valence-electron chi connectivity index (χ2n) is 3.93. The van der Waals surface area contributed by atoms with E-state index < -0.39 is 12.0 Å². The number of nitrogens with one attached hydrogen (secondary N) is 1. The lowest BCUT2D eigenvalue weighted by molar-refractivity contribution is -0.145. The Balaban J connectivity index is 2.74. The van der Waals surface area contributed by atoms with Gasteiger partial charge in [0, 0.05) is 18.4 Å². The molecule has 0 atom stereocenters. The van der Waals surface area contributed by atoms with Crippen LogP contribution in [0.25, 0.3) is 0 Å². The molecular weight excluding hydrogens is 291 g/mol. The van der Waals surface area contributed by atoms with Gasteiger partial charge in [-0.25, -0.2) is 15.8 Å². The van der Waals surface area contributed by atoms with Crippen LogP contribution in [0.3, 0.4) is 0 Å². The minimum absolute atomic E-state index is 0.0438. The first-order valence-corrected chi connectivity index (χ1v) is 7.17. The predicted octanol–water partition coefficient (Wildman–Crippen LogP) is 2.21. The van der Waals surface area contributed by atoms with E-state index in [9.17, 15) is 13.2 Å². The van der Waals surface area contributed by atoms with Gasteiger partial charge in [-0.05, 0) is 13.1 Å². The Labute approximate surface area is 120 Å². The van der Waals surface area contributed by atoms with E-state index in [-0.39, 0.29) is 10.8 Å². The predicted molar refractivity (Wildman–Crippen MR) is 73.4 cm³/mol. The number of nitrogens with zero attached hydrogens (tertiary/aromatic N) is 3. The van der Waals surface area contributed by atoms with Crippen molar-refractivity contribution >= 4 is 17.6 Å². The van der Waals surface area contributed by atoms with E-state index in [1.54, 1.807) is 0 Å². The van der Waals surface area contributed by atoms with Gasteiger partial charge >= 0.3 is 6.18 Å². The highest BCUT2D eigenvalue weighted by atomic mass is 32.2. The molecule has 0 aliphatic rings. The number of aromatic nitrogens is 2. The quantitative estimate of drug-likeness (QED) is 0.348. The molecule has 0 aliphatic carbocycles. The lowest BCUT2D eigenvalue weighted by atomic mass is 10.5. The molecule has 0 unspecified atom stereocenters. The summed E-state index contributed by atoms with van der Waals surface area (Å²) in [7, 11) is 0. The van der Waals surface area contributed by atoms with Gasteiger partial charge in [-0.2, -0.15) is 13.2 Å². The van der Waals surface area contributed by atoms with Crippen LogP contribution in [0.5, 0.6) is 0 Å². The third-order valence-corrected chi connectivity index (χ3v) is 3.55. The summed E-state index contributed by atoms with van der Waals surface area (Å²) >= 11 is 1.25. The van der Waals surface area contributed by atoms with Crippen LogP contribution in [-0.4, -0.2) is 40.3 Å². The second-order valence-corrected chi connectivity index (χ2v) is 5.05. The summed E-state index contributed by atoms with van der Waals surface area (Å²) < 4.78 is 37.9. The largest absolute Gasteiger partial charge is 0.451 e. The lowest BCUT2D eigenvalue weighted by Gasteiger charge is -2.17. The van der Waals surface area contributed by atoms with E-state index in [2.05, 4.69) is 20.3 Å². The zero-order valence-electron chi connectivity index (χ0n) is 11.4. The molecule has 0 amide bonds. The molecule has 1 aromatic heterocycles. The van der Waals surface area contributed by atoms with Gasteiger partial charge in [0.2, 0.25) is 5.82 Å². The number of thioether (sulfide) groups is 1. The standard InChI is InChI=1S/C11H18F3N5S/c1-3-19(4-2)5-6-20-9-7-8(18-15)16-10(17-9)11(12,13)14/h7H,3-6,15H2,1-2H3,(H,16,17,18). The monoisotopic (exact) mass is 309 g/mol. The molecule has 0 aromatic carbocycles. The van der Waals surface area contributed by atoms with Gasteiger partial charge in [0.05, 0.1) is 0 Å². The average molecular weight is 309 g/mol. The molecule has 0 spiro atoms. The summed E-state index contributed by atoms with van der Waals surface area (Å²) in [4.78, 5) is 9.00. The van der Waals surface area contributed by atoms with Crippen LogP contribution in [0.1, 0.15) is 19.7 Å². The Bertz CT molecular complexity index is 423. The molecule has 5 nitrogen and oxygen atoms in total. The van der Waals surface area contributed by atoms with Crippen molar-refractivity contribution < 1.29 is 13.2 Å². The highest BCUT2D eigenvalue weighted by Crippen LogP contribution is 2.29. The SMILES string of the molecule is CCN(CC)CCSc1cc(NN)nc(C(F)(F)F)n1. The smallest absolute Gasteiger partial charge is 0.308 e. The van der Waals surface area contributed by atoms with Crippen LogP contribution >= 0.6 is 11.8 Å². The molecule has 0 saturated carbocycles.